The second-order valence-electron chi connectivity index (χ2n) is 7.84. The van der Waals surface area contributed by atoms with Gasteiger partial charge in [-0.05, 0) is 43.7 Å². The number of amides is 2. The summed E-state index contributed by atoms with van der Waals surface area (Å²) in [4.78, 5) is 40.1. The fourth-order valence-electron chi connectivity index (χ4n) is 4.67. The van der Waals surface area contributed by atoms with E-state index in [1.807, 2.05) is 4.90 Å². The van der Waals surface area contributed by atoms with Gasteiger partial charge in [-0.1, -0.05) is 0 Å². The van der Waals surface area contributed by atoms with Crippen LogP contribution in [0.15, 0.2) is 18.2 Å². The van der Waals surface area contributed by atoms with Gasteiger partial charge < -0.3 is 15.1 Å². The van der Waals surface area contributed by atoms with E-state index in [-0.39, 0.29) is 17.5 Å². The zero-order valence-electron chi connectivity index (χ0n) is 15.4. The lowest BCUT2D eigenvalue weighted by Crippen LogP contribution is -2.47. The molecule has 3 aliphatic rings. The van der Waals surface area contributed by atoms with E-state index in [4.69, 9.17) is 0 Å². The van der Waals surface area contributed by atoms with Crippen LogP contribution >= 0.6 is 0 Å². The molecule has 144 valence electrons. The van der Waals surface area contributed by atoms with Crippen molar-refractivity contribution >= 4 is 17.5 Å². The van der Waals surface area contributed by atoms with E-state index >= 15 is 0 Å². The van der Waals surface area contributed by atoms with Gasteiger partial charge in [-0.2, -0.15) is 0 Å². The molecule has 3 fully saturated rings. The average Bonchev–Trinajstić information content (AvgIpc) is 3.35. The van der Waals surface area contributed by atoms with E-state index in [9.17, 15) is 19.7 Å². The van der Waals surface area contributed by atoms with E-state index in [2.05, 4.69) is 5.32 Å². The molecule has 3 aliphatic heterocycles. The molecule has 0 aromatic heterocycles. The van der Waals surface area contributed by atoms with E-state index in [1.54, 1.807) is 17.9 Å². The molecule has 0 spiro atoms. The average molecular weight is 372 g/mol. The summed E-state index contributed by atoms with van der Waals surface area (Å²) in [5.74, 6) is 0.882. The smallest absolute Gasteiger partial charge is 0.272 e. The fourth-order valence-corrected chi connectivity index (χ4v) is 4.67. The van der Waals surface area contributed by atoms with Crippen LogP contribution in [0, 0.1) is 28.9 Å². The molecule has 2 amide bonds. The van der Waals surface area contributed by atoms with Crippen LogP contribution in [0.2, 0.25) is 0 Å². The highest BCUT2D eigenvalue weighted by molar-refractivity contribution is 5.98. The number of benzene rings is 1. The number of aryl methyl sites for hydroxylation is 1. The zero-order chi connectivity index (χ0) is 19.1. The maximum absolute atomic E-state index is 13.1. The van der Waals surface area contributed by atoms with Crippen LogP contribution in [0.5, 0.6) is 0 Å². The Bertz CT molecular complexity index is 784. The Hall–Kier alpha value is -2.48. The number of hydrogen-bond acceptors (Lipinski definition) is 5. The first kappa shape index (κ1) is 17.9. The summed E-state index contributed by atoms with van der Waals surface area (Å²) in [5, 5.41) is 14.4. The first-order valence-electron chi connectivity index (χ1n) is 9.51. The van der Waals surface area contributed by atoms with Crippen LogP contribution in [0.1, 0.15) is 28.8 Å². The van der Waals surface area contributed by atoms with Crippen molar-refractivity contribution in [2.45, 2.75) is 25.8 Å². The Morgan fingerprint density at radius 3 is 2.56 bits per heavy atom. The third-order valence-corrected chi connectivity index (χ3v) is 6.14. The molecule has 0 aliphatic carbocycles. The Kier molecular flexibility index (Phi) is 4.59. The molecule has 0 bridgehead atoms. The molecule has 1 unspecified atom stereocenters. The normalized spacial score (nSPS) is 27.1. The van der Waals surface area contributed by atoms with Gasteiger partial charge in [0.1, 0.15) is 6.04 Å². The molecule has 3 atom stereocenters. The van der Waals surface area contributed by atoms with Crippen molar-refractivity contribution in [3.63, 3.8) is 0 Å². The Balaban J connectivity index is 1.49. The number of rotatable bonds is 3. The van der Waals surface area contributed by atoms with Crippen molar-refractivity contribution in [2.75, 3.05) is 32.7 Å². The van der Waals surface area contributed by atoms with Crippen molar-refractivity contribution in [1.29, 1.82) is 0 Å². The maximum Gasteiger partial charge on any atom is 0.272 e. The molecule has 8 heteroatoms. The minimum atomic E-state index is -0.453. The summed E-state index contributed by atoms with van der Waals surface area (Å²) in [6.07, 6.45) is 1.48. The number of likely N-dealkylation sites (tertiary alicyclic amines) is 2. The molecule has 1 aromatic carbocycles. The van der Waals surface area contributed by atoms with Gasteiger partial charge >= 0.3 is 0 Å². The largest absolute Gasteiger partial charge is 0.340 e. The second-order valence-corrected chi connectivity index (χ2v) is 7.84. The number of nitro groups is 1. The summed E-state index contributed by atoms with van der Waals surface area (Å²) in [6, 6.07) is 3.98. The first-order valence-corrected chi connectivity index (χ1v) is 9.51. The molecular weight excluding hydrogens is 348 g/mol. The molecule has 0 saturated carbocycles. The topological polar surface area (TPSA) is 95.8 Å². The summed E-state index contributed by atoms with van der Waals surface area (Å²) < 4.78 is 0. The van der Waals surface area contributed by atoms with Crippen molar-refractivity contribution in [2.24, 2.45) is 11.8 Å². The third kappa shape index (κ3) is 3.18. The monoisotopic (exact) mass is 372 g/mol. The summed E-state index contributed by atoms with van der Waals surface area (Å²) in [6.45, 7) is 5.64. The van der Waals surface area contributed by atoms with Crippen molar-refractivity contribution in [1.82, 2.24) is 15.1 Å². The molecule has 8 nitrogen and oxygen atoms in total. The number of carbonyl (C=O) groups is 2. The highest BCUT2D eigenvalue weighted by atomic mass is 16.6. The predicted molar refractivity (Wildman–Crippen MR) is 98.3 cm³/mol. The lowest BCUT2D eigenvalue weighted by molar-refractivity contribution is -0.385. The Labute approximate surface area is 157 Å². The Morgan fingerprint density at radius 1 is 1.22 bits per heavy atom. The lowest BCUT2D eigenvalue weighted by atomic mass is 10.0. The van der Waals surface area contributed by atoms with Crippen LogP contribution in [0.25, 0.3) is 0 Å². The molecule has 0 radical (unpaired) electrons. The summed E-state index contributed by atoms with van der Waals surface area (Å²) in [5.41, 5.74) is 0.853. The first-order chi connectivity index (χ1) is 13.0. The van der Waals surface area contributed by atoms with Gasteiger partial charge in [-0.25, -0.2) is 0 Å². The number of carbonyl (C=O) groups excluding carboxylic acids is 2. The SMILES string of the molecule is Cc1cc(C(=O)N2CCCC2C(=O)N2C[C@H]3CNC[C@H]3C2)ccc1[N+](=O)[O-]. The van der Waals surface area contributed by atoms with Crippen LogP contribution in [-0.4, -0.2) is 65.3 Å². The standard InChI is InChI=1S/C19H24N4O4/c1-12-7-13(4-5-16(12)23(26)27)18(24)22-6-2-3-17(22)19(25)21-10-14-8-20-9-15(14)11-21/h4-5,7,14-15,17,20H,2-3,6,8-11H2,1H3/t14-,15+,17?. The molecule has 1 N–H and O–H groups in total. The van der Waals surface area contributed by atoms with Gasteiger partial charge in [-0.15, -0.1) is 0 Å². The molecule has 3 heterocycles. The van der Waals surface area contributed by atoms with Crippen molar-refractivity contribution in [3.05, 3.63) is 39.4 Å². The minimum absolute atomic E-state index is 0.00202. The van der Waals surface area contributed by atoms with Gasteiger partial charge in [-0.3, -0.25) is 19.7 Å². The molecule has 27 heavy (non-hydrogen) atoms. The van der Waals surface area contributed by atoms with E-state index in [1.165, 1.54) is 12.1 Å². The minimum Gasteiger partial charge on any atom is -0.340 e. The van der Waals surface area contributed by atoms with Crippen LogP contribution in [0.4, 0.5) is 5.69 Å². The number of fused-ring (bicyclic) bond motifs is 1. The Morgan fingerprint density at radius 2 is 1.93 bits per heavy atom. The van der Waals surface area contributed by atoms with Crippen molar-refractivity contribution < 1.29 is 14.5 Å². The zero-order valence-corrected chi connectivity index (χ0v) is 15.4. The summed E-state index contributed by atoms with van der Waals surface area (Å²) >= 11 is 0. The quantitative estimate of drug-likeness (QED) is 0.635. The predicted octanol–water partition coefficient (Wildman–Crippen LogP) is 1.19. The highest BCUT2D eigenvalue weighted by Gasteiger charge is 2.43. The number of nitro benzene ring substituents is 1. The van der Waals surface area contributed by atoms with Gasteiger partial charge in [0.05, 0.1) is 4.92 Å². The highest BCUT2D eigenvalue weighted by Crippen LogP contribution is 2.30. The van der Waals surface area contributed by atoms with E-state index < -0.39 is 11.0 Å². The molecule has 3 saturated heterocycles. The van der Waals surface area contributed by atoms with Crippen LogP contribution in [0.3, 0.4) is 0 Å². The van der Waals surface area contributed by atoms with Gasteiger partial charge in [0.15, 0.2) is 0 Å². The van der Waals surface area contributed by atoms with Gasteiger partial charge in [0, 0.05) is 49.9 Å². The van der Waals surface area contributed by atoms with Gasteiger partial charge in [0.25, 0.3) is 11.6 Å². The molecule has 4 rings (SSSR count). The van der Waals surface area contributed by atoms with E-state index in [0.717, 1.165) is 32.6 Å². The maximum atomic E-state index is 13.1. The van der Waals surface area contributed by atoms with Crippen LogP contribution < -0.4 is 5.32 Å². The molecular formula is C19H24N4O4. The second kappa shape index (κ2) is 6.92. The van der Waals surface area contributed by atoms with E-state index in [0.29, 0.717) is 35.9 Å². The number of nitrogens with zero attached hydrogens (tertiary/aromatic N) is 3. The number of nitrogens with one attached hydrogen (secondary N) is 1. The summed E-state index contributed by atoms with van der Waals surface area (Å²) in [7, 11) is 0. The third-order valence-electron chi connectivity index (χ3n) is 6.14. The van der Waals surface area contributed by atoms with Crippen LogP contribution in [-0.2, 0) is 4.79 Å². The van der Waals surface area contributed by atoms with Crippen molar-refractivity contribution in [3.8, 4) is 0 Å². The lowest BCUT2D eigenvalue weighted by Gasteiger charge is -2.28. The van der Waals surface area contributed by atoms with Gasteiger partial charge in [0.2, 0.25) is 5.91 Å². The molecule has 1 aromatic rings. The number of hydrogen-bond donors (Lipinski definition) is 1. The fraction of sp³-hybridized carbons (Fsp3) is 0.579.